The molecule has 0 saturated carbocycles. The highest BCUT2D eigenvalue weighted by atomic mass is 79.9. The lowest BCUT2D eigenvalue weighted by molar-refractivity contribution is 0.863. The van der Waals surface area contributed by atoms with Gasteiger partial charge in [0, 0.05) is 16.9 Å². The fourth-order valence-electron chi connectivity index (χ4n) is 1.42. The van der Waals surface area contributed by atoms with Gasteiger partial charge in [0.15, 0.2) is 0 Å². The quantitative estimate of drug-likeness (QED) is 0.904. The highest BCUT2D eigenvalue weighted by Crippen LogP contribution is 2.20. The molecule has 0 bridgehead atoms. The summed E-state index contributed by atoms with van der Waals surface area (Å²) in [4.78, 5) is 4.06. The molecule has 0 radical (unpaired) electrons. The number of halogens is 1. The maximum atomic E-state index is 6.11. The Labute approximate surface area is 97.3 Å². The predicted octanol–water partition coefficient (Wildman–Crippen LogP) is 2.89. The molecule has 1 aromatic heterocycles. The molecule has 2 aromatic rings. The minimum absolute atomic E-state index is 0.105. The second-order valence-corrected chi connectivity index (χ2v) is 4.23. The lowest BCUT2D eigenvalue weighted by Gasteiger charge is -2.11. The van der Waals surface area contributed by atoms with Crippen LogP contribution in [0.4, 0.5) is 0 Å². The molecule has 0 unspecified atom stereocenters. The third-order valence-electron chi connectivity index (χ3n) is 2.27. The van der Waals surface area contributed by atoms with Crippen molar-refractivity contribution in [3.63, 3.8) is 0 Å². The molecule has 15 heavy (non-hydrogen) atoms. The molecule has 0 aliphatic heterocycles. The van der Waals surface area contributed by atoms with Crippen LogP contribution in [0.5, 0.6) is 0 Å². The molecule has 0 fully saturated rings. The number of benzene rings is 1. The largest absolute Gasteiger partial charge is 0.320 e. The number of pyridine rings is 1. The van der Waals surface area contributed by atoms with Crippen LogP contribution in [0.15, 0.2) is 53.3 Å². The molecule has 0 aliphatic rings. The van der Waals surface area contributed by atoms with E-state index in [4.69, 9.17) is 5.73 Å². The smallest absolute Gasteiger partial charge is 0.0566 e. The van der Waals surface area contributed by atoms with E-state index in [2.05, 4.69) is 20.9 Å². The van der Waals surface area contributed by atoms with Crippen molar-refractivity contribution in [2.45, 2.75) is 6.04 Å². The third-order valence-corrected chi connectivity index (χ3v) is 2.80. The standard InChI is InChI=1S/C12H11BrN2/c13-11-5-3-9(4-6-11)12(14)10-2-1-7-15-8-10/h1-8,12H,14H2/t12-/m0/s1. The minimum atomic E-state index is -0.105. The maximum absolute atomic E-state index is 6.11. The Morgan fingerprint density at radius 3 is 2.40 bits per heavy atom. The van der Waals surface area contributed by atoms with Crippen molar-refractivity contribution in [1.29, 1.82) is 0 Å². The molecule has 1 atom stereocenters. The van der Waals surface area contributed by atoms with Crippen molar-refractivity contribution in [2.24, 2.45) is 5.73 Å². The fraction of sp³-hybridized carbons (Fsp3) is 0.0833. The van der Waals surface area contributed by atoms with Crippen LogP contribution in [0.3, 0.4) is 0 Å². The van der Waals surface area contributed by atoms with E-state index in [1.165, 1.54) is 0 Å². The van der Waals surface area contributed by atoms with Gasteiger partial charge in [-0.3, -0.25) is 4.98 Å². The number of hydrogen-bond donors (Lipinski definition) is 1. The van der Waals surface area contributed by atoms with Gasteiger partial charge in [0.05, 0.1) is 6.04 Å². The van der Waals surface area contributed by atoms with E-state index >= 15 is 0 Å². The van der Waals surface area contributed by atoms with E-state index in [0.29, 0.717) is 0 Å². The molecule has 1 heterocycles. The Balaban J connectivity index is 2.29. The zero-order chi connectivity index (χ0) is 10.7. The zero-order valence-corrected chi connectivity index (χ0v) is 9.68. The monoisotopic (exact) mass is 262 g/mol. The molecule has 0 spiro atoms. The van der Waals surface area contributed by atoms with Gasteiger partial charge in [-0.2, -0.15) is 0 Å². The summed E-state index contributed by atoms with van der Waals surface area (Å²) in [5.74, 6) is 0. The Morgan fingerprint density at radius 1 is 1.07 bits per heavy atom. The summed E-state index contributed by atoms with van der Waals surface area (Å²) in [6, 6.07) is 11.8. The van der Waals surface area contributed by atoms with Crippen LogP contribution in [-0.2, 0) is 0 Å². The van der Waals surface area contributed by atoms with E-state index in [0.717, 1.165) is 15.6 Å². The summed E-state index contributed by atoms with van der Waals surface area (Å²) in [6.45, 7) is 0. The van der Waals surface area contributed by atoms with Crippen molar-refractivity contribution in [3.8, 4) is 0 Å². The Morgan fingerprint density at radius 2 is 1.80 bits per heavy atom. The van der Waals surface area contributed by atoms with Gasteiger partial charge in [-0.15, -0.1) is 0 Å². The highest BCUT2D eigenvalue weighted by Gasteiger charge is 2.07. The molecular weight excluding hydrogens is 252 g/mol. The van der Waals surface area contributed by atoms with Crippen LogP contribution in [0.25, 0.3) is 0 Å². The van der Waals surface area contributed by atoms with Gasteiger partial charge < -0.3 is 5.73 Å². The summed E-state index contributed by atoms with van der Waals surface area (Å²) in [5.41, 5.74) is 8.23. The number of nitrogens with zero attached hydrogens (tertiary/aromatic N) is 1. The van der Waals surface area contributed by atoms with Crippen LogP contribution in [0.1, 0.15) is 17.2 Å². The van der Waals surface area contributed by atoms with Crippen LogP contribution in [-0.4, -0.2) is 4.98 Å². The lowest BCUT2D eigenvalue weighted by atomic mass is 10.0. The summed E-state index contributed by atoms with van der Waals surface area (Å²) >= 11 is 3.40. The molecule has 2 N–H and O–H groups in total. The van der Waals surface area contributed by atoms with Crippen LogP contribution >= 0.6 is 15.9 Å². The molecule has 0 saturated heterocycles. The average molecular weight is 263 g/mol. The average Bonchev–Trinajstić information content (AvgIpc) is 2.30. The SMILES string of the molecule is N[C@@H](c1ccc(Br)cc1)c1cccnc1. The molecule has 3 heteroatoms. The van der Waals surface area contributed by atoms with Crippen LogP contribution < -0.4 is 5.73 Å². The van der Waals surface area contributed by atoms with Crippen LogP contribution in [0.2, 0.25) is 0 Å². The van der Waals surface area contributed by atoms with Crippen molar-refractivity contribution in [3.05, 3.63) is 64.4 Å². The summed E-state index contributed by atoms with van der Waals surface area (Å²) in [5, 5.41) is 0. The molecule has 0 amide bonds. The van der Waals surface area contributed by atoms with Gasteiger partial charge in [0.2, 0.25) is 0 Å². The predicted molar refractivity (Wildman–Crippen MR) is 64.4 cm³/mol. The summed E-state index contributed by atoms with van der Waals surface area (Å²) in [7, 11) is 0. The summed E-state index contributed by atoms with van der Waals surface area (Å²) in [6.07, 6.45) is 3.55. The number of rotatable bonds is 2. The molecular formula is C12H11BrN2. The van der Waals surface area contributed by atoms with Crippen molar-refractivity contribution in [1.82, 2.24) is 4.98 Å². The Hall–Kier alpha value is -1.19. The number of hydrogen-bond acceptors (Lipinski definition) is 2. The molecule has 2 rings (SSSR count). The first-order chi connectivity index (χ1) is 7.27. The second-order valence-electron chi connectivity index (χ2n) is 3.32. The van der Waals surface area contributed by atoms with Crippen molar-refractivity contribution >= 4 is 15.9 Å². The van der Waals surface area contributed by atoms with Crippen molar-refractivity contribution < 1.29 is 0 Å². The van der Waals surface area contributed by atoms with E-state index in [9.17, 15) is 0 Å². The lowest BCUT2D eigenvalue weighted by Crippen LogP contribution is -2.11. The molecule has 76 valence electrons. The topological polar surface area (TPSA) is 38.9 Å². The fourth-order valence-corrected chi connectivity index (χ4v) is 1.69. The van der Waals surface area contributed by atoms with Gasteiger partial charge in [-0.1, -0.05) is 34.1 Å². The zero-order valence-electron chi connectivity index (χ0n) is 8.10. The normalized spacial score (nSPS) is 12.4. The summed E-state index contributed by atoms with van der Waals surface area (Å²) < 4.78 is 1.06. The minimum Gasteiger partial charge on any atom is -0.320 e. The second kappa shape index (κ2) is 4.55. The van der Waals surface area contributed by atoms with Gasteiger partial charge >= 0.3 is 0 Å². The van der Waals surface area contributed by atoms with Crippen LogP contribution in [0, 0.1) is 0 Å². The Kier molecular flexibility index (Phi) is 3.14. The molecule has 1 aromatic carbocycles. The number of aromatic nitrogens is 1. The van der Waals surface area contributed by atoms with Gasteiger partial charge in [0.1, 0.15) is 0 Å². The first kappa shape index (κ1) is 10.3. The maximum Gasteiger partial charge on any atom is 0.0566 e. The van der Waals surface area contributed by atoms with E-state index in [1.807, 2.05) is 36.4 Å². The van der Waals surface area contributed by atoms with Gasteiger partial charge in [0.25, 0.3) is 0 Å². The van der Waals surface area contributed by atoms with Gasteiger partial charge in [-0.05, 0) is 29.3 Å². The van der Waals surface area contributed by atoms with E-state index in [1.54, 1.807) is 12.4 Å². The van der Waals surface area contributed by atoms with Gasteiger partial charge in [-0.25, -0.2) is 0 Å². The van der Waals surface area contributed by atoms with E-state index < -0.39 is 0 Å². The van der Waals surface area contributed by atoms with E-state index in [-0.39, 0.29) is 6.04 Å². The third kappa shape index (κ3) is 2.43. The first-order valence-corrected chi connectivity index (χ1v) is 5.47. The molecule has 0 aliphatic carbocycles. The molecule has 2 nitrogen and oxygen atoms in total. The number of nitrogens with two attached hydrogens (primary N) is 1. The highest BCUT2D eigenvalue weighted by molar-refractivity contribution is 9.10. The van der Waals surface area contributed by atoms with Crippen molar-refractivity contribution in [2.75, 3.05) is 0 Å². The first-order valence-electron chi connectivity index (χ1n) is 4.68. The Bertz CT molecular complexity index is 425.